The maximum atomic E-state index is 12.3. The monoisotopic (exact) mass is 288 g/mol. The first-order valence-electron chi connectivity index (χ1n) is 7.11. The van der Waals surface area contributed by atoms with Crippen molar-refractivity contribution in [1.29, 1.82) is 0 Å². The lowest BCUT2D eigenvalue weighted by Gasteiger charge is -2.43. The number of nitrogens with two attached hydrogens (primary N) is 1. The predicted molar refractivity (Wildman–Crippen MR) is 74.3 cm³/mol. The molecular formula is C13H24N2O3S. The Kier molecular flexibility index (Phi) is 4.20. The van der Waals surface area contributed by atoms with E-state index in [2.05, 4.69) is 12.2 Å². The molecule has 2 aliphatic rings. The van der Waals surface area contributed by atoms with Crippen molar-refractivity contribution in [3.8, 4) is 0 Å². The minimum atomic E-state index is -3.01. The summed E-state index contributed by atoms with van der Waals surface area (Å²) in [5.74, 6) is -0.0273. The van der Waals surface area contributed by atoms with E-state index in [0.717, 1.165) is 19.3 Å². The molecule has 0 aromatic heterocycles. The van der Waals surface area contributed by atoms with Crippen molar-refractivity contribution in [1.82, 2.24) is 5.32 Å². The largest absolute Gasteiger partial charge is 0.349 e. The van der Waals surface area contributed by atoms with Gasteiger partial charge in [0.15, 0.2) is 9.84 Å². The third-order valence-corrected chi connectivity index (χ3v) is 6.56. The van der Waals surface area contributed by atoms with Crippen LogP contribution in [-0.2, 0) is 14.6 Å². The van der Waals surface area contributed by atoms with E-state index in [1.165, 1.54) is 6.42 Å². The Balaban J connectivity index is 2.04. The van der Waals surface area contributed by atoms with Crippen LogP contribution in [-0.4, -0.2) is 37.9 Å². The first-order valence-corrected chi connectivity index (χ1v) is 8.93. The summed E-state index contributed by atoms with van der Waals surface area (Å²) in [7, 11) is -3.01. The van der Waals surface area contributed by atoms with Gasteiger partial charge in [-0.05, 0) is 25.2 Å². The lowest BCUT2D eigenvalue weighted by molar-refractivity contribution is -0.127. The van der Waals surface area contributed by atoms with Crippen LogP contribution in [0.3, 0.4) is 0 Å². The fraction of sp³-hybridized carbons (Fsp3) is 0.923. The molecule has 1 aliphatic heterocycles. The number of rotatable bonds is 3. The molecule has 0 aromatic rings. The Hall–Kier alpha value is -0.620. The molecule has 1 saturated heterocycles. The lowest BCUT2D eigenvalue weighted by atomic mass is 9.73. The number of amides is 1. The average molecular weight is 288 g/mol. The minimum Gasteiger partial charge on any atom is -0.349 e. The second-order valence-electron chi connectivity index (χ2n) is 6.10. The average Bonchev–Trinajstić information content (AvgIpc) is 2.73. The summed E-state index contributed by atoms with van der Waals surface area (Å²) in [4.78, 5) is 12.3. The minimum absolute atomic E-state index is 0.00609. The zero-order valence-electron chi connectivity index (χ0n) is 11.5. The summed E-state index contributed by atoms with van der Waals surface area (Å²) < 4.78 is 22.9. The maximum absolute atomic E-state index is 12.3. The van der Waals surface area contributed by atoms with Gasteiger partial charge in [0.25, 0.3) is 0 Å². The molecular weight excluding hydrogens is 264 g/mol. The Bertz CT molecular complexity index is 449. The molecule has 0 radical (unpaired) electrons. The van der Waals surface area contributed by atoms with Gasteiger partial charge in [-0.3, -0.25) is 4.79 Å². The van der Waals surface area contributed by atoms with Crippen molar-refractivity contribution < 1.29 is 13.2 Å². The Morgan fingerprint density at radius 2 is 2.11 bits per heavy atom. The van der Waals surface area contributed by atoms with Crippen molar-refractivity contribution >= 4 is 15.7 Å². The fourth-order valence-electron chi connectivity index (χ4n) is 3.30. The third-order valence-electron chi connectivity index (χ3n) is 4.79. The normalized spacial score (nSPS) is 38.0. The van der Waals surface area contributed by atoms with E-state index in [4.69, 9.17) is 5.73 Å². The zero-order valence-corrected chi connectivity index (χ0v) is 12.3. The molecule has 3 unspecified atom stereocenters. The fourth-order valence-corrected chi connectivity index (χ4v) is 5.04. The van der Waals surface area contributed by atoms with Gasteiger partial charge in [0.2, 0.25) is 5.91 Å². The smallest absolute Gasteiger partial charge is 0.224 e. The van der Waals surface area contributed by atoms with Crippen molar-refractivity contribution in [2.24, 2.45) is 17.6 Å². The molecule has 0 spiro atoms. The van der Waals surface area contributed by atoms with Crippen LogP contribution in [0.25, 0.3) is 0 Å². The van der Waals surface area contributed by atoms with Crippen LogP contribution in [0.4, 0.5) is 0 Å². The molecule has 1 amide bonds. The number of hydrogen-bond acceptors (Lipinski definition) is 4. The van der Waals surface area contributed by atoms with Gasteiger partial charge in [-0.2, -0.15) is 0 Å². The molecule has 110 valence electrons. The van der Waals surface area contributed by atoms with Crippen molar-refractivity contribution in [2.75, 3.05) is 18.1 Å². The van der Waals surface area contributed by atoms with Gasteiger partial charge in [-0.15, -0.1) is 0 Å². The number of carbonyl (C=O) groups is 1. The van der Waals surface area contributed by atoms with Crippen LogP contribution in [0.5, 0.6) is 0 Å². The molecule has 1 heterocycles. The molecule has 3 N–H and O–H groups in total. The van der Waals surface area contributed by atoms with E-state index in [1.807, 2.05) is 0 Å². The molecule has 6 heteroatoms. The highest BCUT2D eigenvalue weighted by Gasteiger charge is 2.41. The van der Waals surface area contributed by atoms with Gasteiger partial charge in [-0.25, -0.2) is 8.42 Å². The van der Waals surface area contributed by atoms with Crippen molar-refractivity contribution in [3.63, 3.8) is 0 Å². The predicted octanol–water partition coefficient (Wildman–Crippen LogP) is 0.445. The topological polar surface area (TPSA) is 89.3 Å². The molecule has 2 rings (SSSR count). The number of hydrogen-bond donors (Lipinski definition) is 2. The Morgan fingerprint density at radius 3 is 2.63 bits per heavy atom. The maximum Gasteiger partial charge on any atom is 0.224 e. The van der Waals surface area contributed by atoms with Crippen LogP contribution in [0, 0.1) is 11.8 Å². The van der Waals surface area contributed by atoms with E-state index in [0.29, 0.717) is 18.9 Å². The number of sulfone groups is 1. The molecule has 5 nitrogen and oxygen atoms in total. The van der Waals surface area contributed by atoms with Crippen LogP contribution in [0.1, 0.15) is 39.0 Å². The third kappa shape index (κ3) is 3.11. The molecule has 1 saturated carbocycles. The molecule has 0 bridgehead atoms. The summed E-state index contributed by atoms with van der Waals surface area (Å²) in [6.45, 7) is 2.55. The molecule has 2 fully saturated rings. The van der Waals surface area contributed by atoms with Gasteiger partial charge < -0.3 is 11.1 Å². The van der Waals surface area contributed by atoms with Gasteiger partial charge in [-0.1, -0.05) is 19.8 Å². The van der Waals surface area contributed by atoms with Crippen LogP contribution in [0.15, 0.2) is 0 Å². The second kappa shape index (κ2) is 5.40. The highest BCUT2D eigenvalue weighted by molar-refractivity contribution is 7.91. The summed E-state index contributed by atoms with van der Waals surface area (Å²) >= 11 is 0. The molecule has 3 atom stereocenters. The Labute approximate surface area is 115 Å². The van der Waals surface area contributed by atoms with Gasteiger partial charge in [0.05, 0.1) is 23.0 Å². The lowest BCUT2D eigenvalue weighted by Crippen LogP contribution is -2.60. The quantitative estimate of drug-likeness (QED) is 0.789. The van der Waals surface area contributed by atoms with E-state index >= 15 is 0 Å². The van der Waals surface area contributed by atoms with Crippen LogP contribution in [0.2, 0.25) is 0 Å². The van der Waals surface area contributed by atoms with Crippen molar-refractivity contribution in [3.05, 3.63) is 0 Å². The standard InChI is InChI=1S/C13H24N2O3S/c1-10-4-2-3-6-13(10,9-14)15-12(16)11-5-7-19(17,18)8-11/h10-11H,2-9,14H2,1H3,(H,15,16). The number of nitrogens with one attached hydrogen (secondary N) is 1. The highest BCUT2D eigenvalue weighted by Crippen LogP contribution is 2.33. The van der Waals surface area contributed by atoms with Crippen LogP contribution >= 0.6 is 0 Å². The van der Waals surface area contributed by atoms with Gasteiger partial charge >= 0.3 is 0 Å². The van der Waals surface area contributed by atoms with Gasteiger partial charge in [0, 0.05) is 6.54 Å². The first kappa shape index (κ1) is 14.8. The summed E-state index contributed by atoms with van der Waals surface area (Å²) in [5.41, 5.74) is 5.56. The molecule has 1 aliphatic carbocycles. The van der Waals surface area contributed by atoms with E-state index in [9.17, 15) is 13.2 Å². The van der Waals surface area contributed by atoms with E-state index in [-0.39, 0.29) is 28.9 Å². The van der Waals surface area contributed by atoms with Gasteiger partial charge in [0.1, 0.15) is 0 Å². The van der Waals surface area contributed by atoms with E-state index < -0.39 is 9.84 Å². The summed E-state index contributed by atoms with van der Waals surface area (Å²) in [6.07, 6.45) is 4.67. The highest BCUT2D eigenvalue weighted by atomic mass is 32.2. The van der Waals surface area contributed by atoms with Crippen LogP contribution < -0.4 is 11.1 Å². The summed E-state index contributed by atoms with van der Waals surface area (Å²) in [5, 5.41) is 3.08. The van der Waals surface area contributed by atoms with Crippen molar-refractivity contribution in [2.45, 2.75) is 44.6 Å². The second-order valence-corrected chi connectivity index (χ2v) is 8.33. The summed E-state index contributed by atoms with van der Waals surface area (Å²) in [6, 6.07) is 0. The number of carbonyl (C=O) groups excluding carboxylic acids is 1. The van der Waals surface area contributed by atoms with E-state index in [1.54, 1.807) is 0 Å². The Morgan fingerprint density at radius 1 is 1.37 bits per heavy atom. The first-order chi connectivity index (χ1) is 8.88. The zero-order chi connectivity index (χ0) is 14.1. The SMILES string of the molecule is CC1CCCCC1(CN)NC(=O)C1CCS(=O)(=O)C1. The molecule has 0 aromatic carbocycles. The molecule has 19 heavy (non-hydrogen) atoms.